The van der Waals surface area contributed by atoms with Gasteiger partial charge in [0.25, 0.3) is 5.88 Å². The van der Waals surface area contributed by atoms with Crippen molar-refractivity contribution in [2.24, 2.45) is 0 Å². The Morgan fingerprint density at radius 3 is 2.43 bits per heavy atom. The number of ether oxygens (including phenoxy) is 1. The summed E-state index contributed by atoms with van der Waals surface area (Å²) in [5.41, 5.74) is 3.78. The van der Waals surface area contributed by atoms with Crippen molar-refractivity contribution >= 4 is 17.4 Å². The van der Waals surface area contributed by atoms with Crippen LogP contribution in [0.5, 0.6) is 5.88 Å². The van der Waals surface area contributed by atoms with Crippen LogP contribution < -0.4 is 10.1 Å². The Hall–Kier alpha value is -1.81. The van der Waals surface area contributed by atoms with Gasteiger partial charge in [-0.05, 0) is 44.4 Å². The second-order valence-corrected chi connectivity index (χ2v) is 6.07. The van der Waals surface area contributed by atoms with E-state index in [1.165, 1.54) is 0 Å². The molecule has 0 saturated carbocycles. The van der Waals surface area contributed by atoms with Gasteiger partial charge < -0.3 is 10.1 Å². The van der Waals surface area contributed by atoms with Gasteiger partial charge >= 0.3 is 0 Å². The average molecular weight is 334 g/mol. The zero-order valence-electron chi connectivity index (χ0n) is 14.4. The molecule has 1 aromatic heterocycles. The van der Waals surface area contributed by atoms with E-state index < -0.39 is 0 Å². The Labute approximate surface area is 143 Å². The number of nitrogens with one attached hydrogen (secondary N) is 1. The molecule has 1 aromatic carbocycles. The van der Waals surface area contributed by atoms with Gasteiger partial charge in [0.15, 0.2) is 5.82 Å². The number of aromatic nitrogens is 2. The quantitative estimate of drug-likeness (QED) is 0.806. The molecular weight excluding hydrogens is 310 g/mol. The molecule has 5 heteroatoms. The van der Waals surface area contributed by atoms with E-state index in [4.69, 9.17) is 16.3 Å². The summed E-state index contributed by atoms with van der Waals surface area (Å²) in [6.07, 6.45) is 2.05. The first-order valence-electron chi connectivity index (χ1n) is 7.95. The van der Waals surface area contributed by atoms with Crippen LogP contribution >= 0.6 is 11.6 Å². The van der Waals surface area contributed by atoms with E-state index in [1.807, 2.05) is 32.0 Å². The van der Waals surface area contributed by atoms with Crippen molar-refractivity contribution in [3.8, 4) is 17.1 Å². The van der Waals surface area contributed by atoms with Crippen LogP contribution in [0.1, 0.15) is 37.9 Å². The standard InChI is InChI=1S/C18H24ClN3O/c1-6-14(7-2)21-17-18(23-5)22-16(12(4)20-17)15-9-8-13(19)10-11(15)3/h8-10,14H,6-7H2,1-5H3,(H,20,21). The zero-order chi connectivity index (χ0) is 17.0. The van der Waals surface area contributed by atoms with Crippen LogP contribution in [0.15, 0.2) is 18.2 Å². The molecule has 0 amide bonds. The number of aryl methyl sites for hydroxylation is 2. The Morgan fingerprint density at radius 1 is 1.17 bits per heavy atom. The smallest absolute Gasteiger partial charge is 0.257 e. The first kappa shape index (κ1) is 17.5. The molecule has 0 aliphatic rings. The van der Waals surface area contributed by atoms with Crippen molar-refractivity contribution in [1.29, 1.82) is 0 Å². The highest BCUT2D eigenvalue weighted by Crippen LogP contribution is 2.31. The summed E-state index contributed by atoms with van der Waals surface area (Å²) >= 11 is 6.05. The van der Waals surface area contributed by atoms with Crippen molar-refractivity contribution < 1.29 is 4.74 Å². The third-order valence-electron chi connectivity index (χ3n) is 4.00. The third-order valence-corrected chi connectivity index (χ3v) is 4.24. The van der Waals surface area contributed by atoms with Gasteiger partial charge in [0.2, 0.25) is 0 Å². The molecule has 0 saturated heterocycles. The summed E-state index contributed by atoms with van der Waals surface area (Å²) in [6, 6.07) is 6.14. The van der Waals surface area contributed by atoms with Crippen molar-refractivity contribution in [2.45, 2.75) is 46.6 Å². The van der Waals surface area contributed by atoms with Crippen molar-refractivity contribution in [3.05, 3.63) is 34.5 Å². The zero-order valence-corrected chi connectivity index (χ0v) is 15.2. The minimum Gasteiger partial charge on any atom is -0.478 e. The molecule has 0 aliphatic heterocycles. The Morgan fingerprint density at radius 2 is 1.87 bits per heavy atom. The first-order valence-corrected chi connectivity index (χ1v) is 8.33. The predicted octanol–water partition coefficient (Wildman–Crippen LogP) is 5.02. The third kappa shape index (κ3) is 3.94. The number of anilines is 1. The molecule has 0 atom stereocenters. The summed E-state index contributed by atoms with van der Waals surface area (Å²) in [4.78, 5) is 9.37. The van der Waals surface area contributed by atoms with Gasteiger partial charge in [0.05, 0.1) is 18.5 Å². The van der Waals surface area contributed by atoms with E-state index in [0.717, 1.165) is 40.4 Å². The molecule has 124 valence electrons. The van der Waals surface area contributed by atoms with Gasteiger partial charge in [-0.3, -0.25) is 0 Å². The number of nitrogens with zero attached hydrogens (tertiary/aromatic N) is 2. The van der Waals surface area contributed by atoms with Crippen LogP contribution in [0.25, 0.3) is 11.3 Å². The van der Waals surface area contributed by atoms with E-state index in [-0.39, 0.29) is 0 Å². The largest absolute Gasteiger partial charge is 0.478 e. The molecule has 23 heavy (non-hydrogen) atoms. The molecule has 0 spiro atoms. The number of methoxy groups -OCH3 is 1. The molecule has 0 radical (unpaired) electrons. The van der Waals surface area contributed by atoms with Crippen molar-refractivity contribution in [2.75, 3.05) is 12.4 Å². The number of hydrogen-bond donors (Lipinski definition) is 1. The van der Waals surface area contributed by atoms with E-state index in [2.05, 4.69) is 29.1 Å². The van der Waals surface area contributed by atoms with Crippen LogP contribution in [0.4, 0.5) is 5.82 Å². The lowest BCUT2D eigenvalue weighted by atomic mass is 10.0. The molecule has 4 nitrogen and oxygen atoms in total. The van der Waals surface area contributed by atoms with E-state index in [1.54, 1.807) is 7.11 Å². The summed E-state index contributed by atoms with van der Waals surface area (Å²) in [6.45, 7) is 8.29. The fourth-order valence-corrected chi connectivity index (χ4v) is 2.80. The summed E-state index contributed by atoms with van der Waals surface area (Å²) in [5, 5.41) is 4.14. The summed E-state index contributed by atoms with van der Waals surface area (Å²) in [7, 11) is 1.62. The first-order chi connectivity index (χ1) is 11.0. The molecule has 2 rings (SSSR count). The SMILES string of the molecule is CCC(CC)Nc1nc(C)c(-c2ccc(Cl)cc2C)nc1OC. The molecule has 0 aliphatic carbocycles. The van der Waals surface area contributed by atoms with E-state index in [9.17, 15) is 0 Å². The van der Waals surface area contributed by atoms with Crippen molar-refractivity contribution in [3.63, 3.8) is 0 Å². The van der Waals surface area contributed by atoms with Gasteiger partial charge in [0.1, 0.15) is 0 Å². The summed E-state index contributed by atoms with van der Waals surface area (Å²) < 4.78 is 5.45. The minimum absolute atomic E-state index is 0.362. The van der Waals surface area contributed by atoms with Gasteiger partial charge in [-0.2, -0.15) is 0 Å². The van der Waals surface area contributed by atoms with Crippen molar-refractivity contribution in [1.82, 2.24) is 9.97 Å². The van der Waals surface area contributed by atoms with Gasteiger partial charge in [-0.1, -0.05) is 31.5 Å². The van der Waals surface area contributed by atoms with Crippen LogP contribution in [-0.2, 0) is 0 Å². The highest BCUT2D eigenvalue weighted by molar-refractivity contribution is 6.30. The Balaban J connectivity index is 2.47. The Bertz CT molecular complexity index is 684. The molecule has 1 N–H and O–H groups in total. The lowest BCUT2D eigenvalue weighted by molar-refractivity contribution is 0.397. The highest BCUT2D eigenvalue weighted by atomic mass is 35.5. The molecular formula is C18H24ClN3O. The highest BCUT2D eigenvalue weighted by Gasteiger charge is 2.16. The molecule has 2 aromatic rings. The molecule has 1 heterocycles. The summed E-state index contributed by atoms with van der Waals surface area (Å²) in [5.74, 6) is 1.22. The Kier molecular flexibility index (Phi) is 5.83. The lowest BCUT2D eigenvalue weighted by Crippen LogP contribution is -2.19. The maximum atomic E-state index is 6.05. The predicted molar refractivity (Wildman–Crippen MR) is 96.5 cm³/mol. The van der Waals surface area contributed by atoms with E-state index in [0.29, 0.717) is 17.7 Å². The van der Waals surface area contributed by atoms with Gasteiger partial charge in [0, 0.05) is 16.6 Å². The number of benzene rings is 1. The maximum Gasteiger partial charge on any atom is 0.257 e. The number of halogens is 1. The number of hydrogen-bond acceptors (Lipinski definition) is 4. The fourth-order valence-electron chi connectivity index (χ4n) is 2.57. The molecule has 0 bridgehead atoms. The van der Waals surface area contributed by atoms with E-state index >= 15 is 0 Å². The molecule has 0 fully saturated rings. The lowest BCUT2D eigenvalue weighted by Gasteiger charge is -2.19. The maximum absolute atomic E-state index is 6.05. The van der Waals surface area contributed by atoms with Crippen LogP contribution in [0.3, 0.4) is 0 Å². The topological polar surface area (TPSA) is 47.0 Å². The average Bonchev–Trinajstić information content (AvgIpc) is 2.53. The van der Waals surface area contributed by atoms with Gasteiger partial charge in [-0.25, -0.2) is 9.97 Å². The fraction of sp³-hybridized carbons (Fsp3) is 0.444. The molecule has 0 unspecified atom stereocenters. The van der Waals surface area contributed by atoms with Crippen LogP contribution in [0.2, 0.25) is 5.02 Å². The normalized spacial score (nSPS) is 10.9. The second kappa shape index (κ2) is 7.64. The second-order valence-electron chi connectivity index (χ2n) is 5.63. The van der Waals surface area contributed by atoms with Gasteiger partial charge in [-0.15, -0.1) is 0 Å². The number of rotatable bonds is 6. The minimum atomic E-state index is 0.362. The van der Waals surface area contributed by atoms with Crippen LogP contribution in [-0.4, -0.2) is 23.1 Å². The monoisotopic (exact) mass is 333 g/mol. The van der Waals surface area contributed by atoms with Crippen LogP contribution in [0, 0.1) is 13.8 Å².